The molecular weight excluding hydrogens is 278 g/mol. The van der Waals surface area contributed by atoms with Crippen molar-refractivity contribution >= 4 is 0 Å². The Morgan fingerprint density at radius 3 is 2.68 bits per heavy atom. The first-order valence-corrected chi connectivity index (χ1v) is 7.74. The van der Waals surface area contributed by atoms with E-state index in [1.54, 1.807) is 0 Å². The maximum Gasteiger partial charge on any atom is 0.162 e. The molecule has 3 rings (SSSR count). The van der Waals surface area contributed by atoms with E-state index < -0.39 is 0 Å². The molecule has 0 radical (unpaired) electrons. The summed E-state index contributed by atoms with van der Waals surface area (Å²) in [6.45, 7) is 8.51. The predicted molar refractivity (Wildman–Crippen MR) is 84.0 cm³/mol. The Labute approximate surface area is 131 Å². The van der Waals surface area contributed by atoms with Gasteiger partial charge in [-0.25, -0.2) is 4.98 Å². The van der Waals surface area contributed by atoms with E-state index in [0.29, 0.717) is 19.1 Å². The van der Waals surface area contributed by atoms with Crippen LogP contribution in [0.15, 0.2) is 24.3 Å². The van der Waals surface area contributed by atoms with Gasteiger partial charge in [-0.2, -0.15) is 5.10 Å². The van der Waals surface area contributed by atoms with Gasteiger partial charge in [-0.05, 0) is 29.5 Å². The van der Waals surface area contributed by atoms with Gasteiger partial charge in [0, 0.05) is 12.5 Å². The monoisotopic (exact) mass is 301 g/mol. The second-order valence-corrected chi connectivity index (χ2v) is 6.76. The van der Waals surface area contributed by atoms with E-state index in [1.807, 2.05) is 12.1 Å². The van der Waals surface area contributed by atoms with E-state index >= 15 is 0 Å². The molecule has 0 spiro atoms. The van der Waals surface area contributed by atoms with E-state index in [4.69, 9.17) is 9.47 Å². The molecule has 22 heavy (non-hydrogen) atoms. The maximum absolute atomic E-state index is 5.77. The van der Waals surface area contributed by atoms with Crippen LogP contribution in [0.4, 0.5) is 0 Å². The van der Waals surface area contributed by atoms with E-state index in [1.165, 1.54) is 5.56 Å². The summed E-state index contributed by atoms with van der Waals surface area (Å²) in [7, 11) is 0. The molecule has 1 N–H and O–H groups in total. The first kappa shape index (κ1) is 15.0. The maximum atomic E-state index is 5.77. The van der Waals surface area contributed by atoms with Crippen LogP contribution in [0, 0.1) is 0 Å². The molecule has 1 atom stereocenters. The molecule has 1 aromatic heterocycles. The Bertz CT molecular complexity index is 608. The first-order valence-electron chi connectivity index (χ1n) is 7.74. The van der Waals surface area contributed by atoms with E-state index in [-0.39, 0.29) is 5.41 Å². The zero-order valence-electron chi connectivity index (χ0n) is 13.4. The molecule has 5 heteroatoms. The van der Waals surface area contributed by atoms with Crippen molar-refractivity contribution in [3.63, 3.8) is 0 Å². The van der Waals surface area contributed by atoms with Gasteiger partial charge in [-0.1, -0.05) is 32.9 Å². The third-order valence-electron chi connectivity index (χ3n) is 3.94. The second kappa shape index (κ2) is 6.08. The number of benzene rings is 1. The van der Waals surface area contributed by atoms with Gasteiger partial charge in [0.15, 0.2) is 11.6 Å². The number of ether oxygens (including phenoxy) is 2. The normalized spacial score (nSPS) is 18.6. The molecule has 1 fully saturated rings. The highest BCUT2D eigenvalue weighted by Crippen LogP contribution is 2.25. The number of aromatic nitrogens is 3. The minimum absolute atomic E-state index is 0.154. The number of nitrogens with zero attached hydrogens (tertiary/aromatic N) is 2. The zero-order chi connectivity index (χ0) is 15.6. The minimum atomic E-state index is 0.154. The molecule has 1 aliphatic heterocycles. The molecule has 1 aliphatic rings. The van der Waals surface area contributed by atoms with E-state index in [0.717, 1.165) is 30.4 Å². The summed E-state index contributed by atoms with van der Waals surface area (Å²) in [4.78, 5) is 4.49. The lowest BCUT2D eigenvalue weighted by Crippen LogP contribution is -2.10. The molecular formula is C17H23N3O2. The molecule has 1 saturated heterocycles. The summed E-state index contributed by atoms with van der Waals surface area (Å²) in [6.07, 6.45) is 0.992. The Hall–Kier alpha value is -1.88. The molecule has 0 aliphatic carbocycles. The average Bonchev–Trinajstić information content (AvgIpc) is 3.15. The van der Waals surface area contributed by atoms with Gasteiger partial charge < -0.3 is 9.47 Å². The van der Waals surface area contributed by atoms with Crippen LogP contribution in [-0.4, -0.2) is 28.4 Å². The summed E-state index contributed by atoms with van der Waals surface area (Å²) < 4.78 is 11.1. The SMILES string of the molecule is CC(C)(C)c1ccc(OCc2nc([C@H]3CCOC3)n[nH]2)cc1. The lowest BCUT2D eigenvalue weighted by Gasteiger charge is -2.19. The standard InChI is InChI=1S/C17H23N3O2/c1-17(2,3)13-4-6-14(7-5-13)22-11-15-18-16(20-19-15)12-8-9-21-10-12/h4-7,12H,8-11H2,1-3H3,(H,18,19,20)/t12-/m0/s1. The zero-order valence-corrected chi connectivity index (χ0v) is 13.4. The molecule has 1 aromatic carbocycles. The van der Waals surface area contributed by atoms with Gasteiger partial charge in [-0.3, -0.25) is 5.10 Å². The fourth-order valence-electron chi connectivity index (χ4n) is 2.50. The predicted octanol–water partition coefficient (Wildman–Crippen LogP) is 3.19. The van der Waals surface area contributed by atoms with Gasteiger partial charge in [0.25, 0.3) is 0 Å². The first-order chi connectivity index (χ1) is 10.5. The number of hydrogen-bond donors (Lipinski definition) is 1. The summed E-state index contributed by atoms with van der Waals surface area (Å²) >= 11 is 0. The molecule has 5 nitrogen and oxygen atoms in total. The third kappa shape index (κ3) is 3.47. The quantitative estimate of drug-likeness (QED) is 0.942. The molecule has 2 heterocycles. The highest BCUT2D eigenvalue weighted by atomic mass is 16.5. The van der Waals surface area contributed by atoms with Crippen molar-refractivity contribution in [2.45, 2.75) is 45.1 Å². The Morgan fingerprint density at radius 2 is 2.05 bits per heavy atom. The van der Waals surface area contributed by atoms with Crippen molar-refractivity contribution in [1.82, 2.24) is 15.2 Å². The van der Waals surface area contributed by atoms with Crippen LogP contribution in [0.1, 0.15) is 50.3 Å². The Balaban J connectivity index is 1.58. The molecule has 0 unspecified atom stereocenters. The van der Waals surface area contributed by atoms with Crippen molar-refractivity contribution in [1.29, 1.82) is 0 Å². The average molecular weight is 301 g/mol. The van der Waals surface area contributed by atoms with Crippen molar-refractivity contribution in [3.05, 3.63) is 41.5 Å². The Kier molecular flexibility index (Phi) is 4.16. The van der Waals surface area contributed by atoms with Crippen LogP contribution in [0.3, 0.4) is 0 Å². The minimum Gasteiger partial charge on any atom is -0.486 e. The second-order valence-electron chi connectivity index (χ2n) is 6.76. The van der Waals surface area contributed by atoms with Gasteiger partial charge >= 0.3 is 0 Å². The number of nitrogens with one attached hydrogen (secondary N) is 1. The third-order valence-corrected chi connectivity index (χ3v) is 3.94. The molecule has 0 bridgehead atoms. The van der Waals surface area contributed by atoms with Crippen LogP contribution >= 0.6 is 0 Å². The van der Waals surface area contributed by atoms with Crippen LogP contribution in [0.5, 0.6) is 5.75 Å². The number of H-pyrrole nitrogens is 1. The number of hydrogen-bond acceptors (Lipinski definition) is 4. The largest absolute Gasteiger partial charge is 0.486 e. The van der Waals surface area contributed by atoms with Gasteiger partial charge in [-0.15, -0.1) is 0 Å². The molecule has 118 valence electrons. The van der Waals surface area contributed by atoms with Crippen molar-refractivity contribution in [2.24, 2.45) is 0 Å². The topological polar surface area (TPSA) is 60.0 Å². The van der Waals surface area contributed by atoms with E-state index in [9.17, 15) is 0 Å². The Morgan fingerprint density at radius 1 is 1.27 bits per heavy atom. The molecule has 0 amide bonds. The van der Waals surface area contributed by atoms with Crippen LogP contribution < -0.4 is 4.74 Å². The smallest absolute Gasteiger partial charge is 0.162 e. The number of rotatable bonds is 4. The molecule has 2 aromatic rings. The fourth-order valence-corrected chi connectivity index (χ4v) is 2.50. The summed E-state index contributed by atoms with van der Waals surface area (Å²) in [6, 6.07) is 8.22. The summed E-state index contributed by atoms with van der Waals surface area (Å²) in [5.41, 5.74) is 1.45. The van der Waals surface area contributed by atoms with Crippen molar-refractivity contribution < 1.29 is 9.47 Å². The van der Waals surface area contributed by atoms with Crippen LogP contribution in [0.2, 0.25) is 0 Å². The lowest BCUT2D eigenvalue weighted by atomic mass is 9.87. The van der Waals surface area contributed by atoms with Gasteiger partial charge in [0.05, 0.1) is 6.61 Å². The van der Waals surface area contributed by atoms with Gasteiger partial charge in [0.2, 0.25) is 0 Å². The summed E-state index contributed by atoms with van der Waals surface area (Å²) in [5.74, 6) is 2.74. The molecule has 0 saturated carbocycles. The fraction of sp³-hybridized carbons (Fsp3) is 0.529. The van der Waals surface area contributed by atoms with Crippen LogP contribution in [0.25, 0.3) is 0 Å². The van der Waals surface area contributed by atoms with Crippen molar-refractivity contribution in [3.8, 4) is 5.75 Å². The lowest BCUT2D eigenvalue weighted by molar-refractivity contribution is 0.193. The van der Waals surface area contributed by atoms with Crippen LogP contribution in [-0.2, 0) is 16.8 Å². The van der Waals surface area contributed by atoms with E-state index in [2.05, 4.69) is 48.1 Å². The van der Waals surface area contributed by atoms with Crippen molar-refractivity contribution in [2.75, 3.05) is 13.2 Å². The summed E-state index contributed by atoms with van der Waals surface area (Å²) in [5, 5.41) is 7.21. The number of aromatic amines is 1. The van der Waals surface area contributed by atoms with Gasteiger partial charge in [0.1, 0.15) is 12.4 Å². The highest BCUT2D eigenvalue weighted by Gasteiger charge is 2.22. The highest BCUT2D eigenvalue weighted by molar-refractivity contribution is 5.31.